The highest BCUT2D eigenvalue weighted by molar-refractivity contribution is 7.89. The molecule has 3 N–H and O–H groups in total. The van der Waals surface area contributed by atoms with E-state index in [2.05, 4.69) is 10.3 Å². The first-order chi connectivity index (χ1) is 7.09. The Morgan fingerprint density at radius 2 is 2.07 bits per heavy atom. The molecule has 0 fully saturated rings. The number of nitrogens with zero attached hydrogens (tertiary/aromatic N) is 1. The van der Waals surface area contributed by atoms with Crippen LogP contribution >= 0.6 is 0 Å². The molecule has 2 rings (SSSR count). The number of hydrogen-bond acceptors (Lipinski definition) is 4. The largest absolute Gasteiger partial charge is 0.368 e. The van der Waals surface area contributed by atoms with E-state index in [4.69, 9.17) is 5.14 Å². The first-order valence-corrected chi connectivity index (χ1v) is 6.04. The molecule has 0 saturated heterocycles. The normalized spacial score (nSPS) is 15.9. The second kappa shape index (κ2) is 3.63. The van der Waals surface area contributed by atoms with Crippen LogP contribution in [0.3, 0.4) is 0 Å². The van der Waals surface area contributed by atoms with Gasteiger partial charge in [0.15, 0.2) is 0 Å². The van der Waals surface area contributed by atoms with E-state index in [9.17, 15) is 8.42 Å². The molecule has 1 aliphatic heterocycles. The minimum Gasteiger partial charge on any atom is -0.368 e. The van der Waals surface area contributed by atoms with Crippen LogP contribution in [-0.4, -0.2) is 27.3 Å². The fraction of sp³-hybridized carbons (Fsp3) is 0.222. The average molecular weight is 225 g/mol. The van der Waals surface area contributed by atoms with Crippen molar-refractivity contribution in [2.75, 3.05) is 13.1 Å². The number of nitrogens with two attached hydrogens (primary N) is 1. The molecule has 1 aliphatic rings. The zero-order valence-electron chi connectivity index (χ0n) is 7.97. The lowest BCUT2D eigenvalue weighted by molar-refractivity contribution is 0.597. The van der Waals surface area contributed by atoms with Gasteiger partial charge in [-0.2, -0.15) is 0 Å². The van der Waals surface area contributed by atoms with Gasteiger partial charge in [-0.15, -0.1) is 0 Å². The van der Waals surface area contributed by atoms with Crippen molar-refractivity contribution in [1.29, 1.82) is 0 Å². The molecule has 0 spiro atoms. The van der Waals surface area contributed by atoms with E-state index in [1.54, 1.807) is 18.2 Å². The molecule has 1 heterocycles. The minimum atomic E-state index is -3.69. The molecule has 1 aromatic rings. The van der Waals surface area contributed by atoms with Crippen LogP contribution in [0.25, 0.3) is 0 Å². The van der Waals surface area contributed by atoms with Gasteiger partial charge in [0.1, 0.15) is 5.84 Å². The summed E-state index contributed by atoms with van der Waals surface area (Å²) in [6.07, 6.45) is 0. The second-order valence-corrected chi connectivity index (χ2v) is 4.73. The van der Waals surface area contributed by atoms with Gasteiger partial charge in [0.25, 0.3) is 0 Å². The predicted octanol–water partition coefficient (Wildman–Crippen LogP) is -0.316. The Morgan fingerprint density at radius 3 is 2.67 bits per heavy atom. The van der Waals surface area contributed by atoms with Crippen LogP contribution in [0, 0.1) is 0 Å². The topological polar surface area (TPSA) is 84.6 Å². The van der Waals surface area contributed by atoms with Crippen LogP contribution in [0.5, 0.6) is 0 Å². The molecule has 1 aromatic carbocycles. The highest BCUT2D eigenvalue weighted by Gasteiger charge is 2.18. The molecule has 15 heavy (non-hydrogen) atoms. The Hall–Kier alpha value is -1.40. The van der Waals surface area contributed by atoms with Crippen LogP contribution in [0.2, 0.25) is 0 Å². The summed E-state index contributed by atoms with van der Waals surface area (Å²) in [6, 6.07) is 6.56. The molecule has 0 unspecified atom stereocenters. The van der Waals surface area contributed by atoms with E-state index in [1.165, 1.54) is 6.07 Å². The first-order valence-electron chi connectivity index (χ1n) is 4.49. The fourth-order valence-corrected chi connectivity index (χ4v) is 2.23. The van der Waals surface area contributed by atoms with Crippen LogP contribution in [0.1, 0.15) is 5.56 Å². The summed E-state index contributed by atoms with van der Waals surface area (Å²) in [4.78, 5) is 4.28. The average Bonchev–Trinajstić information content (AvgIpc) is 2.69. The maximum Gasteiger partial charge on any atom is 0.238 e. The first kappa shape index (κ1) is 10.1. The lowest BCUT2D eigenvalue weighted by Gasteiger charge is -2.07. The third kappa shape index (κ3) is 2.00. The molecular weight excluding hydrogens is 214 g/mol. The van der Waals surface area contributed by atoms with Gasteiger partial charge in [0.2, 0.25) is 10.0 Å². The molecule has 80 valence electrons. The molecular formula is C9H11N3O2S. The van der Waals surface area contributed by atoms with E-state index in [0.717, 1.165) is 6.54 Å². The number of benzene rings is 1. The summed E-state index contributed by atoms with van der Waals surface area (Å²) in [5, 5.41) is 8.13. The summed E-state index contributed by atoms with van der Waals surface area (Å²) < 4.78 is 22.6. The molecule has 0 saturated carbocycles. The minimum absolute atomic E-state index is 0.109. The quantitative estimate of drug-likeness (QED) is 0.723. The standard InChI is InChI=1S/C9H11N3O2S/c10-15(13,14)8-4-2-1-3-7(8)9-11-5-6-12-9/h1-4H,5-6H2,(H,11,12)(H2,10,13,14). The highest BCUT2D eigenvalue weighted by Crippen LogP contribution is 2.14. The molecule has 0 aliphatic carbocycles. The van der Waals surface area contributed by atoms with Gasteiger partial charge in [0, 0.05) is 12.1 Å². The van der Waals surface area contributed by atoms with Crippen molar-refractivity contribution < 1.29 is 8.42 Å². The number of nitrogens with one attached hydrogen (secondary N) is 1. The SMILES string of the molecule is NS(=O)(=O)c1ccccc1C1=NCCN1. The summed E-state index contributed by atoms with van der Waals surface area (Å²) in [5.41, 5.74) is 0.539. The van der Waals surface area contributed by atoms with Crippen molar-refractivity contribution in [2.45, 2.75) is 4.90 Å². The number of aliphatic imine (C=N–C) groups is 1. The van der Waals surface area contributed by atoms with E-state index >= 15 is 0 Å². The number of sulfonamides is 1. The van der Waals surface area contributed by atoms with Gasteiger partial charge in [0.05, 0.1) is 11.4 Å². The van der Waals surface area contributed by atoms with Gasteiger partial charge in [-0.05, 0) is 12.1 Å². The monoisotopic (exact) mass is 225 g/mol. The lowest BCUT2D eigenvalue weighted by atomic mass is 10.2. The molecule has 6 heteroatoms. The number of amidine groups is 1. The van der Waals surface area contributed by atoms with Crippen molar-refractivity contribution in [2.24, 2.45) is 10.1 Å². The van der Waals surface area contributed by atoms with E-state index in [0.29, 0.717) is 17.9 Å². The van der Waals surface area contributed by atoms with Crippen LogP contribution in [0.15, 0.2) is 34.2 Å². The zero-order chi connectivity index (χ0) is 10.9. The van der Waals surface area contributed by atoms with Gasteiger partial charge < -0.3 is 5.32 Å². The summed E-state index contributed by atoms with van der Waals surface area (Å²) >= 11 is 0. The van der Waals surface area contributed by atoms with Gasteiger partial charge >= 0.3 is 0 Å². The third-order valence-corrected chi connectivity index (χ3v) is 3.09. The number of rotatable bonds is 2. The Kier molecular flexibility index (Phi) is 2.45. The maximum atomic E-state index is 11.3. The Morgan fingerprint density at radius 1 is 1.33 bits per heavy atom. The van der Waals surface area contributed by atoms with E-state index < -0.39 is 10.0 Å². The summed E-state index contributed by atoms with van der Waals surface area (Å²) in [7, 11) is -3.69. The molecule has 0 aromatic heterocycles. The summed E-state index contributed by atoms with van der Waals surface area (Å²) in [6.45, 7) is 1.39. The van der Waals surface area contributed by atoms with Crippen molar-refractivity contribution >= 4 is 15.9 Å². The lowest BCUT2D eigenvalue weighted by Crippen LogP contribution is -2.23. The van der Waals surface area contributed by atoms with Gasteiger partial charge in [-0.25, -0.2) is 13.6 Å². The number of hydrogen-bond donors (Lipinski definition) is 2. The smallest absolute Gasteiger partial charge is 0.238 e. The second-order valence-electron chi connectivity index (χ2n) is 3.20. The predicted molar refractivity (Wildman–Crippen MR) is 57.2 cm³/mol. The third-order valence-electron chi connectivity index (χ3n) is 2.12. The Labute approximate surface area is 88.1 Å². The van der Waals surface area contributed by atoms with Crippen molar-refractivity contribution in [1.82, 2.24) is 5.32 Å². The van der Waals surface area contributed by atoms with Crippen molar-refractivity contribution in [3.63, 3.8) is 0 Å². The molecule has 0 atom stereocenters. The van der Waals surface area contributed by atoms with Gasteiger partial charge in [-0.1, -0.05) is 12.1 Å². The molecule has 5 nitrogen and oxygen atoms in total. The van der Waals surface area contributed by atoms with E-state index in [1.807, 2.05) is 0 Å². The molecule has 0 radical (unpaired) electrons. The Balaban J connectivity index is 2.56. The van der Waals surface area contributed by atoms with E-state index in [-0.39, 0.29) is 4.90 Å². The van der Waals surface area contributed by atoms with Crippen LogP contribution in [-0.2, 0) is 10.0 Å². The summed E-state index contributed by atoms with van der Waals surface area (Å²) in [5.74, 6) is 0.597. The van der Waals surface area contributed by atoms with Crippen LogP contribution < -0.4 is 10.5 Å². The van der Waals surface area contributed by atoms with Crippen molar-refractivity contribution in [3.8, 4) is 0 Å². The molecule has 0 amide bonds. The number of primary sulfonamides is 1. The Bertz CT molecular complexity index is 508. The zero-order valence-corrected chi connectivity index (χ0v) is 8.79. The highest BCUT2D eigenvalue weighted by atomic mass is 32.2. The molecule has 0 bridgehead atoms. The van der Waals surface area contributed by atoms with Crippen LogP contribution in [0.4, 0.5) is 0 Å². The van der Waals surface area contributed by atoms with Gasteiger partial charge in [-0.3, -0.25) is 4.99 Å². The maximum absolute atomic E-state index is 11.3. The fourth-order valence-electron chi connectivity index (χ4n) is 1.49. The van der Waals surface area contributed by atoms with Crippen molar-refractivity contribution in [3.05, 3.63) is 29.8 Å².